The zero-order chi connectivity index (χ0) is 21.7. The minimum atomic E-state index is -0.559. The van der Waals surface area contributed by atoms with Crippen molar-refractivity contribution in [3.8, 4) is 5.75 Å². The Balaban J connectivity index is 1.78. The van der Waals surface area contributed by atoms with Gasteiger partial charge in [0, 0.05) is 13.6 Å². The third-order valence-electron chi connectivity index (χ3n) is 5.44. The molecule has 2 heterocycles. The lowest BCUT2D eigenvalue weighted by molar-refractivity contribution is -0.127. The predicted octanol–water partition coefficient (Wildman–Crippen LogP) is 2.14. The molecule has 2 atom stereocenters. The number of nitrogens with zero attached hydrogens (tertiary/aromatic N) is 4. The van der Waals surface area contributed by atoms with Crippen LogP contribution in [-0.2, 0) is 4.79 Å². The lowest BCUT2D eigenvalue weighted by Crippen LogP contribution is -2.64. The molecule has 2 unspecified atom stereocenters. The number of fused-ring (bicyclic) bond motifs is 1. The highest BCUT2D eigenvalue weighted by Crippen LogP contribution is 2.24. The van der Waals surface area contributed by atoms with Crippen LogP contribution in [0.5, 0.6) is 5.75 Å². The van der Waals surface area contributed by atoms with Crippen molar-refractivity contribution in [2.45, 2.75) is 51.7 Å². The van der Waals surface area contributed by atoms with Crippen molar-refractivity contribution in [1.82, 2.24) is 20.5 Å². The zero-order valence-electron chi connectivity index (χ0n) is 18.0. The molecular weight excluding hydrogens is 384 g/mol. The normalized spacial score (nSPS) is 21.3. The molecule has 0 spiro atoms. The number of nitrogens with one attached hydrogen (secondary N) is 2. The summed E-state index contributed by atoms with van der Waals surface area (Å²) in [6.45, 7) is 4.72. The second-order valence-corrected chi connectivity index (χ2v) is 7.51. The van der Waals surface area contributed by atoms with E-state index in [1.54, 1.807) is 14.2 Å². The fraction of sp³-hybridized carbons (Fsp3) is 0.524. The summed E-state index contributed by atoms with van der Waals surface area (Å²) in [5, 5.41) is 6.88. The molecule has 0 aromatic heterocycles. The first-order valence-electron chi connectivity index (χ1n) is 10.3. The van der Waals surface area contributed by atoms with E-state index >= 15 is 0 Å². The van der Waals surface area contributed by atoms with Crippen LogP contribution in [0.3, 0.4) is 0 Å². The Morgan fingerprint density at radius 3 is 2.63 bits per heavy atom. The van der Waals surface area contributed by atoms with Gasteiger partial charge in [0.1, 0.15) is 5.75 Å². The lowest BCUT2D eigenvalue weighted by atomic mass is 10.1. The van der Waals surface area contributed by atoms with E-state index in [9.17, 15) is 9.59 Å². The van der Waals surface area contributed by atoms with Crippen molar-refractivity contribution in [1.29, 1.82) is 0 Å². The predicted molar refractivity (Wildman–Crippen MR) is 116 cm³/mol. The Labute approximate surface area is 177 Å². The molecule has 0 aliphatic carbocycles. The summed E-state index contributed by atoms with van der Waals surface area (Å²) in [5.41, 5.74) is 4.74. The molecule has 2 N–H and O–H groups in total. The summed E-state index contributed by atoms with van der Waals surface area (Å²) in [6, 6.07) is 6.63. The average molecular weight is 415 g/mol. The van der Waals surface area contributed by atoms with Crippen LogP contribution in [0.25, 0.3) is 0 Å². The molecule has 1 saturated heterocycles. The maximum atomic E-state index is 12.5. The number of hydrazone groups is 1. The number of likely N-dealkylation sites (N-methyl/N-ethyl adjacent to an activating group) is 1. The maximum absolute atomic E-state index is 12.5. The van der Waals surface area contributed by atoms with E-state index in [1.165, 1.54) is 4.90 Å². The first-order valence-corrected chi connectivity index (χ1v) is 10.3. The minimum absolute atomic E-state index is 0.324. The fourth-order valence-corrected chi connectivity index (χ4v) is 3.60. The van der Waals surface area contributed by atoms with Crippen molar-refractivity contribution in [2.75, 3.05) is 20.7 Å². The van der Waals surface area contributed by atoms with Gasteiger partial charge in [0.2, 0.25) is 5.96 Å². The van der Waals surface area contributed by atoms with Crippen LogP contribution in [0.1, 0.15) is 45.1 Å². The van der Waals surface area contributed by atoms with Gasteiger partial charge in [-0.25, -0.2) is 15.2 Å². The van der Waals surface area contributed by atoms with Gasteiger partial charge in [-0.2, -0.15) is 5.10 Å². The minimum Gasteiger partial charge on any atom is -0.497 e. The first kappa shape index (κ1) is 21.6. The van der Waals surface area contributed by atoms with Crippen molar-refractivity contribution < 1.29 is 14.3 Å². The SMILES string of the molecule is CCCCCCN1C(N/N=C(/C)c2ccc(OC)cc2)=NC2C1C(=O)NC(=O)N2C. The molecule has 0 bridgehead atoms. The van der Waals surface area contributed by atoms with Gasteiger partial charge >= 0.3 is 6.03 Å². The van der Waals surface area contributed by atoms with Gasteiger partial charge < -0.3 is 14.5 Å². The number of hydrogen-bond donors (Lipinski definition) is 2. The summed E-state index contributed by atoms with van der Waals surface area (Å²) in [6.07, 6.45) is 3.72. The van der Waals surface area contributed by atoms with Crippen LogP contribution < -0.4 is 15.5 Å². The molecule has 1 aromatic rings. The quantitative estimate of drug-likeness (QED) is 0.386. The van der Waals surface area contributed by atoms with E-state index in [-0.39, 0.29) is 5.91 Å². The summed E-state index contributed by atoms with van der Waals surface area (Å²) in [5.74, 6) is 0.960. The standard InChI is InChI=1S/C21H30N6O3/c1-5-6-7-8-13-27-17-18(26(3)21(29)23-19(17)28)22-20(27)25-24-14(2)15-9-11-16(30-4)12-10-15/h9-12,17-18H,5-8,13H2,1-4H3,(H,22,25)(H,23,28,29)/b24-14-. The number of methoxy groups -OCH3 is 1. The van der Waals surface area contributed by atoms with Gasteiger partial charge in [-0.05, 0) is 43.2 Å². The Kier molecular flexibility index (Phi) is 6.91. The number of guanidine groups is 1. The number of hydrogen-bond acceptors (Lipinski definition) is 7. The average Bonchev–Trinajstić information content (AvgIpc) is 3.12. The van der Waals surface area contributed by atoms with E-state index in [4.69, 9.17) is 4.74 Å². The van der Waals surface area contributed by atoms with Crippen molar-refractivity contribution in [2.24, 2.45) is 10.1 Å². The highest BCUT2D eigenvalue weighted by molar-refractivity contribution is 6.04. The molecular formula is C21H30N6O3. The number of imide groups is 1. The van der Waals surface area contributed by atoms with Gasteiger partial charge in [0.15, 0.2) is 12.2 Å². The largest absolute Gasteiger partial charge is 0.497 e. The summed E-state index contributed by atoms with van der Waals surface area (Å²) in [7, 11) is 3.27. The molecule has 2 aliphatic rings. The Morgan fingerprint density at radius 2 is 1.97 bits per heavy atom. The molecule has 1 aromatic carbocycles. The molecule has 30 heavy (non-hydrogen) atoms. The van der Waals surface area contributed by atoms with Crippen LogP contribution in [0.4, 0.5) is 4.79 Å². The van der Waals surface area contributed by atoms with Gasteiger partial charge in [0.25, 0.3) is 5.91 Å². The fourth-order valence-electron chi connectivity index (χ4n) is 3.60. The third kappa shape index (κ3) is 4.55. The number of urea groups is 1. The Bertz CT molecular complexity index is 836. The summed E-state index contributed by atoms with van der Waals surface area (Å²) in [4.78, 5) is 32.6. The van der Waals surface area contributed by atoms with Gasteiger partial charge in [-0.3, -0.25) is 10.1 Å². The monoisotopic (exact) mass is 414 g/mol. The Morgan fingerprint density at radius 1 is 1.23 bits per heavy atom. The molecule has 2 aliphatic heterocycles. The van der Waals surface area contributed by atoms with E-state index < -0.39 is 18.2 Å². The molecule has 1 fully saturated rings. The summed E-state index contributed by atoms with van der Waals surface area (Å²) >= 11 is 0. The molecule has 0 radical (unpaired) electrons. The third-order valence-corrected chi connectivity index (χ3v) is 5.44. The second-order valence-electron chi connectivity index (χ2n) is 7.51. The summed E-state index contributed by atoms with van der Waals surface area (Å²) < 4.78 is 5.19. The smallest absolute Gasteiger partial charge is 0.325 e. The molecule has 162 valence electrons. The van der Waals surface area contributed by atoms with E-state index in [2.05, 4.69) is 27.8 Å². The number of ether oxygens (including phenoxy) is 1. The second kappa shape index (κ2) is 9.60. The molecule has 3 amide bonds. The van der Waals surface area contributed by atoms with Crippen molar-refractivity contribution >= 4 is 23.6 Å². The van der Waals surface area contributed by atoms with Crippen LogP contribution in [-0.4, -0.2) is 66.3 Å². The number of rotatable bonds is 8. The van der Waals surface area contributed by atoms with Gasteiger partial charge in [-0.1, -0.05) is 26.2 Å². The van der Waals surface area contributed by atoms with E-state index in [1.807, 2.05) is 36.1 Å². The van der Waals surface area contributed by atoms with Crippen LogP contribution in [0.2, 0.25) is 0 Å². The molecule has 0 saturated carbocycles. The number of amides is 3. The van der Waals surface area contributed by atoms with Crippen LogP contribution >= 0.6 is 0 Å². The highest BCUT2D eigenvalue weighted by Gasteiger charge is 2.48. The van der Waals surface area contributed by atoms with Gasteiger partial charge in [-0.15, -0.1) is 0 Å². The molecule has 9 nitrogen and oxygen atoms in total. The maximum Gasteiger partial charge on any atom is 0.325 e. The number of unbranched alkanes of at least 4 members (excludes halogenated alkanes) is 3. The lowest BCUT2D eigenvalue weighted by Gasteiger charge is -2.36. The van der Waals surface area contributed by atoms with Gasteiger partial charge in [0.05, 0.1) is 12.8 Å². The van der Waals surface area contributed by atoms with Crippen molar-refractivity contribution in [3.05, 3.63) is 29.8 Å². The first-order chi connectivity index (χ1) is 14.5. The van der Waals surface area contributed by atoms with E-state index in [0.29, 0.717) is 12.5 Å². The topological polar surface area (TPSA) is 98.6 Å². The zero-order valence-corrected chi connectivity index (χ0v) is 18.0. The van der Waals surface area contributed by atoms with E-state index in [0.717, 1.165) is 42.7 Å². The van der Waals surface area contributed by atoms with Crippen molar-refractivity contribution in [3.63, 3.8) is 0 Å². The molecule has 9 heteroatoms. The Hall–Kier alpha value is -3.10. The highest BCUT2D eigenvalue weighted by atomic mass is 16.5. The number of aliphatic imine (C=N–C) groups is 1. The van der Waals surface area contributed by atoms with Crippen LogP contribution in [0.15, 0.2) is 34.4 Å². The number of benzene rings is 1. The molecule has 3 rings (SSSR count). The number of carbonyl (C=O) groups is 2. The van der Waals surface area contributed by atoms with Crippen LogP contribution in [0, 0.1) is 0 Å². The number of carbonyl (C=O) groups excluding carboxylic acids is 2.